The molecule has 4 nitrogen and oxygen atoms in total. The van der Waals surface area contributed by atoms with Gasteiger partial charge < -0.3 is 10.4 Å². The minimum atomic E-state index is -0.871. The maximum atomic E-state index is 12.5. The Hall–Kier alpha value is -1.37. The minimum Gasteiger partial charge on any atom is -0.481 e. The number of amides is 1. The summed E-state index contributed by atoms with van der Waals surface area (Å²) in [7, 11) is 0. The van der Waals surface area contributed by atoms with E-state index in [-0.39, 0.29) is 17.7 Å². The lowest BCUT2D eigenvalue weighted by molar-refractivity contribution is -0.146. The number of hydrogen-bond acceptors (Lipinski definition) is 2. The molecular formula is C15H14INO3. The van der Waals surface area contributed by atoms with Gasteiger partial charge in [0.1, 0.15) is 0 Å². The molecule has 0 aliphatic heterocycles. The van der Waals surface area contributed by atoms with Gasteiger partial charge in [0, 0.05) is 3.57 Å². The van der Waals surface area contributed by atoms with Gasteiger partial charge in [0.2, 0.25) is 5.91 Å². The number of hydrogen-bond donors (Lipinski definition) is 2. The summed E-state index contributed by atoms with van der Waals surface area (Å²) in [6, 6.07) is 7.49. The van der Waals surface area contributed by atoms with Crippen LogP contribution in [0.1, 0.15) is 6.42 Å². The average Bonchev–Trinajstić information content (AvgIpc) is 3.01. The number of benzene rings is 1. The molecule has 0 radical (unpaired) electrons. The molecule has 1 saturated carbocycles. The van der Waals surface area contributed by atoms with E-state index in [1.807, 2.05) is 36.4 Å². The van der Waals surface area contributed by atoms with Crippen LogP contribution < -0.4 is 5.32 Å². The number of para-hydroxylation sites is 1. The molecule has 5 heteroatoms. The van der Waals surface area contributed by atoms with Crippen LogP contribution in [-0.4, -0.2) is 17.0 Å². The number of carbonyl (C=O) groups excluding carboxylic acids is 1. The van der Waals surface area contributed by atoms with Crippen molar-refractivity contribution < 1.29 is 14.7 Å². The van der Waals surface area contributed by atoms with Gasteiger partial charge in [-0.1, -0.05) is 24.3 Å². The molecule has 0 heterocycles. The van der Waals surface area contributed by atoms with Crippen LogP contribution in [0.5, 0.6) is 0 Å². The molecule has 1 aromatic rings. The van der Waals surface area contributed by atoms with Gasteiger partial charge in [-0.3, -0.25) is 9.59 Å². The number of anilines is 1. The second kappa shape index (κ2) is 5.20. The first-order valence-electron chi connectivity index (χ1n) is 6.54. The highest BCUT2D eigenvalue weighted by atomic mass is 127. The molecule has 0 aromatic heterocycles. The van der Waals surface area contributed by atoms with Crippen LogP contribution in [0, 0.1) is 27.2 Å². The zero-order chi connectivity index (χ0) is 14.3. The monoisotopic (exact) mass is 383 g/mol. The summed E-state index contributed by atoms with van der Waals surface area (Å²) >= 11 is 2.15. The topological polar surface area (TPSA) is 66.4 Å². The van der Waals surface area contributed by atoms with Crippen molar-refractivity contribution in [2.24, 2.45) is 23.7 Å². The Kier molecular flexibility index (Phi) is 3.54. The Morgan fingerprint density at radius 3 is 2.45 bits per heavy atom. The molecule has 2 N–H and O–H groups in total. The molecule has 104 valence electrons. The number of carboxylic acids is 1. The highest BCUT2D eigenvalue weighted by Gasteiger charge is 2.51. The standard InChI is InChI=1S/C15H14INO3/c16-10-3-1-2-4-11(10)17-14(18)12-8-5-6-9(7-8)13(12)15(19)20/h1-6,8-9,12-13H,7H2,(H,17,18)(H,19,20)/t8?,9?,12-,13+/m0/s1. The van der Waals surface area contributed by atoms with Gasteiger partial charge in [-0.05, 0) is 53.0 Å². The van der Waals surface area contributed by atoms with Crippen LogP contribution in [0.3, 0.4) is 0 Å². The highest BCUT2D eigenvalue weighted by Crippen LogP contribution is 2.48. The normalized spacial score (nSPS) is 30.4. The van der Waals surface area contributed by atoms with Crippen molar-refractivity contribution in [3.8, 4) is 0 Å². The van der Waals surface area contributed by atoms with E-state index in [1.165, 1.54) is 0 Å². The third kappa shape index (κ3) is 2.24. The summed E-state index contributed by atoms with van der Waals surface area (Å²) in [6.07, 6.45) is 4.71. The van der Waals surface area contributed by atoms with Crippen molar-refractivity contribution >= 4 is 40.2 Å². The number of fused-ring (bicyclic) bond motifs is 2. The molecular weight excluding hydrogens is 369 g/mol. The molecule has 2 aliphatic carbocycles. The van der Waals surface area contributed by atoms with E-state index in [0.29, 0.717) is 0 Å². The van der Waals surface area contributed by atoms with E-state index < -0.39 is 17.8 Å². The van der Waals surface area contributed by atoms with Crippen LogP contribution in [0.15, 0.2) is 36.4 Å². The predicted octanol–water partition coefficient (Wildman–Crippen LogP) is 2.75. The fourth-order valence-electron chi connectivity index (χ4n) is 3.29. The summed E-state index contributed by atoms with van der Waals surface area (Å²) < 4.78 is 0.948. The summed E-state index contributed by atoms with van der Waals surface area (Å²) in [5.41, 5.74) is 0.744. The largest absolute Gasteiger partial charge is 0.481 e. The first kappa shape index (κ1) is 13.6. The minimum absolute atomic E-state index is 0.00287. The number of halogens is 1. The lowest BCUT2D eigenvalue weighted by Gasteiger charge is -2.24. The highest BCUT2D eigenvalue weighted by molar-refractivity contribution is 14.1. The first-order chi connectivity index (χ1) is 9.58. The van der Waals surface area contributed by atoms with Crippen molar-refractivity contribution in [2.75, 3.05) is 5.32 Å². The van der Waals surface area contributed by atoms with Gasteiger partial charge in [0.15, 0.2) is 0 Å². The predicted molar refractivity (Wildman–Crippen MR) is 83.1 cm³/mol. The van der Waals surface area contributed by atoms with Gasteiger partial charge in [-0.15, -0.1) is 0 Å². The van der Waals surface area contributed by atoms with Gasteiger partial charge >= 0.3 is 5.97 Å². The van der Waals surface area contributed by atoms with Crippen LogP contribution in [0.25, 0.3) is 0 Å². The van der Waals surface area contributed by atoms with Gasteiger partial charge in [0.25, 0.3) is 0 Å². The number of carbonyl (C=O) groups is 2. The number of aliphatic carboxylic acids is 1. The zero-order valence-corrected chi connectivity index (χ0v) is 12.8. The quantitative estimate of drug-likeness (QED) is 0.623. The zero-order valence-electron chi connectivity index (χ0n) is 10.6. The fraction of sp³-hybridized carbons (Fsp3) is 0.333. The summed E-state index contributed by atoms with van der Waals surface area (Å²) in [5.74, 6) is -2.04. The summed E-state index contributed by atoms with van der Waals surface area (Å²) in [5, 5.41) is 12.2. The number of nitrogens with one attached hydrogen (secondary N) is 1. The van der Waals surface area contributed by atoms with Gasteiger partial charge in [0.05, 0.1) is 17.5 Å². The van der Waals surface area contributed by atoms with Crippen LogP contribution in [0.2, 0.25) is 0 Å². The maximum Gasteiger partial charge on any atom is 0.307 e. The molecule has 3 rings (SSSR count). The molecule has 2 unspecified atom stereocenters. The van der Waals surface area contributed by atoms with Gasteiger partial charge in [-0.2, -0.15) is 0 Å². The smallest absolute Gasteiger partial charge is 0.307 e. The fourth-order valence-corrected chi connectivity index (χ4v) is 3.82. The Morgan fingerprint density at radius 1 is 1.15 bits per heavy atom. The molecule has 1 fully saturated rings. The van der Waals surface area contributed by atoms with E-state index in [1.54, 1.807) is 0 Å². The van der Waals surface area contributed by atoms with Crippen LogP contribution in [0.4, 0.5) is 5.69 Å². The average molecular weight is 383 g/mol. The van der Waals surface area contributed by atoms with E-state index >= 15 is 0 Å². The maximum absolute atomic E-state index is 12.5. The van der Waals surface area contributed by atoms with E-state index in [2.05, 4.69) is 27.9 Å². The van der Waals surface area contributed by atoms with E-state index in [0.717, 1.165) is 15.7 Å². The Labute approximate surface area is 130 Å². The van der Waals surface area contributed by atoms with Crippen molar-refractivity contribution in [3.63, 3.8) is 0 Å². The molecule has 2 bridgehead atoms. The number of allylic oxidation sites excluding steroid dienone is 2. The van der Waals surface area contributed by atoms with E-state index in [4.69, 9.17) is 0 Å². The third-order valence-electron chi connectivity index (χ3n) is 4.18. The Bertz CT molecular complexity index is 599. The molecule has 0 spiro atoms. The van der Waals surface area contributed by atoms with Crippen molar-refractivity contribution in [1.29, 1.82) is 0 Å². The van der Waals surface area contributed by atoms with Crippen molar-refractivity contribution in [3.05, 3.63) is 40.0 Å². The molecule has 20 heavy (non-hydrogen) atoms. The lowest BCUT2D eigenvalue weighted by Crippen LogP contribution is -2.36. The SMILES string of the molecule is O=C(O)[C@@H]1C2C=CC(C2)[C@@H]1C(=O)Nc1ccccc1I. The van der Waals surface area contributed by atoms with Crippen LogP contribution >= 0.6 is 22.6 Å². The number of rotatable bonds is 3. The van der Waals surface area contributed by atoms with Crippen molar-refractivity contribution in [1.82, 2.24) is 0 Å². The molecule has 4 atom stereocenters. The molecule has 1 amide bonds. The number of carboxylic acid groups (broad SMARTS) is 1. The third-order valence-corrected chi connectivity index (χ3v) is 5.12. The summed E-state index contributed by atoms with van der Waals surface area (Å²) in [4.78, 5) is 23.9. The lowest BCUT2D eigenvalue weighted by atomic mass is 9.82. The van der Waals surface area contributed by atoms with Gasteiger partial charge in [-0.25, -0.2) is 0 Å². The van der Waals surface area contributed by atoms with Crippen molar-refractivity contribution in [2.45, 2.75) is 6.42 Å². The molecule has 0 saturated heterocycles. The van der Waals surface area contributed by atoms with E-state index in [9.17, 15) is 14.7 Å². The Morgan fingerprint density at radius 2 is 1.80 bits per heavy atom. The van der Waals surface area contributed by atoms with Crippen LogP contribution in [-0.2, 0) is 9.59 Å². The summed E-state index contributed by atoms with van der Waals surface area (Å²) in [6.45, 7) is 0. The second-order valence-corrected chi connectivity index (χ2v) is 6.47. The second-order valence-electron chi connectivity index (χ2n) is 5.31. The molecule has 1 aromatic carbocycles. The molecule has 2 aliphatic rings. The Balaban J connectivity index is 1.82. The first-order valence-corrected chi connectivity index (χ1v) is 7.62.